The average Bonchev–Trinajstić information content (AvgIpc) is 3.80. The number of aromatic nitrogens is 2. The maximum atomic E-state index is 17.0. The van der Waals surface area contributed by atoms with Crippen molar-refractivity contribution in [3.05, 3.63) is 64.2 Å². The number of nitrogen functional groups attached to an aromatic ring is 1. The number of hydrogen-bond donors (Lipinski definition) is 2. The molecule has 3 atom stereocenters. The molecular formula is C34H28ClF6N7OS. The predicted octanol–water partition coefficient (Wildman–Crippen LogP) is 7.76. The lowest BCUT2D eigenvalue weighted by Gasteiger charge is -2.40. The van der Waals surface area contributed by atoms with Crippen LogP contribution >= 0.6 is 22.9 Å². The van der Waals surface area contributed by atoms with Crippen LogP contribution < -0.4 is 20.7 Å². The highest BCUT2D eigenvalue weighted by Crippen LogP contribution is 2.47. The Morgan fingerprint density at radius 1 is 1.22 bits per heavy atom. The second kappa shape index (κ2) is 12.0. The predicted molar refractivity (Wildman–Crippen MR) is 179 cm³/mol. The Hall–Kier alpha value is -4.10. The summed E-state index contributed by atoms with van der Waals surface area (Å²) in [6.45, 7) is 1.13. The van der Waals surface area contributed by atoms with Gasteiger partial charge in [-0.25, -0.2) is 8.78 Å². The minimum atomic E-state index is -1.83. The summed E-state index contributed by atoms with van der Waals surface area (Å²) >= 11 is 7.67. The first-order valence-electron chi connectivity index (χ1n) is 16.0. The van der Waals surface area contributed by atoms with Gasteiger partial charge in [0.1, 0.15) is 34.8 Å². The number of halogens is 7. The van der Waals surface area contributed by atoms with Crippen LogP contribution in [0.15, 0.2) is 42.0 Å². The zero-order valence-electron chi connectivity index (χ0n) is 26.2. The molecule has 2 aromatic carbocycles. The molecule has 0 aliphatic carbocycles. The van der Waals surface area contributed by atoms with Crippen LogP contribution in [0.1, 0.15) is 37.7 Å². The summed E-state index contributed by atoms with van der Waals surface area (Å²) in [5, 5.41) is 13.4. The second-order valence-electron chi connectivity index (χ2n) is 13.5. The van der Waals surface area contributed by atoms with Crippen molar-refractivity contribution in [3.63, 3.8) is 0 Å². The van der Waals surface area contributed by atoms with E-state index in [1.807, 2.05) is 11.0 Å². The molecule has 0 amide bonds. The van der Waals surface area contributed by atoms with Crippen LogP contribution in [0.5, 0.6) is 6.01 Å². The number of nitriles is 1. The molecule has 3 N–H and O–H groups in total. The number of thiophene rings is 1. The molecule has 2 bridgehead atoms. The maximum Gasteiger partial charge on any atom is 0.319 e. The number of ether oxygens (including phenoxy) is 1. The standard InChI is InChI=1S/C34H28ClF6N7OS/c35-21-8-19-27(26(39)25(21)18-2-3-22(36)28-24(18)20(11-42)30(43)50-28)44-32(49-15-34-5-1-7-48(34)12-16(9-34)29(40)41)45-31(19)47-13-17-4-6-33(14-47,46-17)10-23(37)38/h2-3,8,10,17,46H,1,4-7,9,12-15,43H2/t17-,33-,34+/m1/s1. The maximum absolute atomic E-state index is 17.0. The van der Waals surface area contributed by atoms with Crippen LogP contribution in [0.4, 0.5) is 37.2 Å². The topological polar surface area (TPSA) is 103 Å². The number of anilines is 2. The summed E-state index contributed by atoms with van der Waals surface area (Å²) in [5.41, 5.74) is 4.06. The van der Waals surface area contributed by atoms with Gasteiger partial charge in [0, 0.05) is 53.7 Å². The van der Waals surface area contributed by atoms with Gasteiger partial charge in [-0.15, -0.1) is 11.3 Å². The number of hydrogen-bond acceptors (Lipinski definition) is 9. The first kappa shape index (κ1) is 33.1. The van der Waals surface area contributed by atoms with Crippen LogP contribution in [0.3, 0.4) is 0 Å². The molecule has 16 heteroatoms. The third kappa shape index (κ3) is 5.26. The van der Waals surface area contributed by atoms with E-state index in [-0.39, 0.29) is 97.3 Å². The normalized spacial score (nSPS) is 24.6. The zero-order chi connectivity index (χ0) is 35.1. The molecule has 4 aromatic rings. The van der Waals surface area contributed by atoms with E-state index in [2.05, 4.69) is 15.3 Å². The highest BCUT2D eigenvalue weighted by atomic mass is 35.5. The fraction of sp³-hybridized carbons (Fsp3) is 0.382. The van der Waals surface area contributed by atoms with Crippen molar-refractivity contribution < 1.29 is 31.1 Å². The molecule has 50 heavy (non-hydrogen) atoms. The van der Waals surface area contributed by atoms with Gasteiger partial charge in [0.25, 0.3) is 12.2 Å². The van der Waals surface area contributed by atoms with Crippen LogP contribution in [-0.4, -0.2) is 64.8 Å². The Bertz CT molecular complexity index is 2200. The monoisotopic (exact) mass is 731 g/mol. The van der Waals surface area contributed by atoms with E-state index in [1.165, 1.54) is 12.1 Å². The van der Waals surface area contributed by atoms with Gasteiger partial charge in [-0.1, -0.05) is 17.7 Å². The molecule has 4 saturated heterocycles. The van der Waals surface area contributed by atoms with Crippen molar-refractivity contribution in [2.45, 2.75) is 49.2 Å². The molecule has 4 fully saturated rings. The van der Waals surface area contributed by atoms with Gasteiger partial charge in [0.2, 0.25) is 0 Å². The van der Waals surface area contributed by atoms with Crippen LogP contribution in [0.25, 0.3) is 32.1 Å². The lowest BCUT2D eigenvalue weighted by Crippen LogP contribution is -2.59. The molecule has 4 aliphatic rings. The molecule has 4 aliphatic heterocycles. The lowest BCUT2D eigenvalue weighted by molar-refractivity contribution is 0.108. The van der Waals surface area contributed by atoms with Crippen molar-refractivity contribution in [1.29, 1.82) is 5.26 Å². The van der Waals surface area contributed by atoms with Crippen molar-refractivity contribution in [1.82, 2.24) is 20.2 Å². The van der Waals surface area contributed by atoms with Gasteiger partial charge in [-0.05, 0) is 56.3 Å². The largest absolute Gasteiger partial charge is 0.461 e. The van der Waals surface area contributed by atoms with Gasteiger partial charge in [0.05, 0.1) is 26.4 Å². The van der Waals surface area contributed by atoms with Crippen molar-refractivity contribution in [3.8, 4) is 23.2 Å². The fourth-order valence-electron chi connectivity index (χ4n) is 8.33. The Balaban J connectivity index is 1.29. The molecule has 260 valence electrons. The van der Waals surface area contributed by atoms with Crippen LogP contribution in [-0.2, 0) is 0 Å². The van der Waals surface area contributed by atoms with E-state index in [9.17, 15) is 27.2 Å². The van der Waals surface area contributed by atoms with E-state index in [0.717, 1.165) is 29.9 Å². The van der Waals surface area contributed by atoms with Gasteiger partial charge in [-0.3, -0.25) is 4.90 Å². The Morgan fingerprint density at radius 2 is 2.04 bits per heavy atom. The minimum Gasteiger partial charge on any atom is -0.461 e. The highest BCUT2D eigenvalue weighted by Gasteiger charge is 2.49. The molecule has 2 aromatic heterocycles. The highest BCUT2D eigenvalue weighted by molar-refractivity contribution is 7.23. The summed E-state index contributed by atoms with van der Waals surface area (Å²) in [7, 11) is 0. The Morgan fingerprint density at radius 3 is 2.80 bits per heavy atom. The molecule has 6 heterocycles. The number of benzene rings is 2. The van der Waals surface area contributed by atoms with E-state index < -0.39 is 34.9 Å². The zero-order valence-corrected chi connectivity index (χ0v) is 27.8. The van der Waals surface area contributed by atoms with Gasteiger partial charge >= 0.3 is 6.01 Å². The Labute approximate surface area is 290 Å². The summed E-state index contributed by atoms with van der Waals surface area (Å²) in [5.74, 6) is -1.35. The van der Waals surface area contributed by atoms with Crippen molar-refractivity contribution >= 4 is 54.7 Å². The quantitative estimate of drug-likeness (QED) is 0.194. The smallest absolute Gasteiger partial charge is 0.319 e. The number of rotatable bonds is 6. The number of fused-ring (bicyclic) bond motifs is 5. The first-order valence-corrected chi connectivity index (χ1v) is 17.2. The molecule has 0 radical (unpaired) electrons. The number of piperazine rings is 1. The van der Waals surface area contributed by atoms with Gasteiger partial charge in [-0.2, -0.15) is 32.8 Å². The SMILES string of the molecule is N#Cc1c(N)sc2c(F)ccc(-c3c(Cl)cc4c(N5C[C@H]6CC[C@@](C=C(F)F)(C5)N6)nc(OC[C@@]56CCCN5CC(=C(F)F)C6)nc4c3F)c12. The van der Waals surface area contributed by atoms with Crippen LogP contribution in [0.2, 0.25) is 5.02 Å². The third-order valence-corrected chi connectivity index (χ3v) is 11.8. The van der Waals surface area contributed by atoms with Gasteiger partial charge in [0.15, 0.2) is 5.82 Å². The van der Waals surface area contributed by atoms with E-state index in [0.29, 0.717) is 32.4 Å². The molecule has 8 nitrogen and oxygen atoms in total. The average molecular weight is 732 g/mol. The first-order chi connectivity index (χ1) is 23.9. The van der Waals surface area contributed by atoms with Crippen molar-refractivity contribution in [2.75, 3.05) is 43.4 Å². The van der Waals surface area contributed by atoms with Crippen LogP contribution in [0, 0.1) is 23.0 Å². The molecular weight excluding hydrogens is 704 g/mol. The van der Waals surface area contributed by atoms with E-state index in [1.54, 1.807) is 4.90 Å². The van der Waals surface area contributed by atoms with E-state index in [4.69, 9.17) is 22.1 Å². The summed E-state index contributed by atoms with van der Waals surface area (Å²) < 4.78 is 92.7. The minimum absolute atomic E-state index is 0.0210. The number of nitrogens with zero attached hydrogens (tertiary/aromatic N) is 5. The molecule has 0 saturated carbocycles. The Kier molecular flexibility index (Phi) is 7.94. The summed E-state index contributed by atoms with van der Waals surface area (Å²) in [6, 6.07) is 5.50. The summed E-state index contributed by atoms with van der Waals surface area (Å²) in [6.07, 6.45) is -0.0743. The molecule has 8 rings (SSSR count). The van der Waals surface area contributed by atoms with Crippen molar-refractivity contribution in [2.24, 2.45) is 0 Å². The second-order valence-corrected chi connectivity index (χ2v) is 14.9. The summed E-state index contributed by atoms with van der Waals surface area (Å²) in [4.78, 5) is 12.9. The third-order valence-electron chi connectivity index (χ3n) is 10.5. The fourth-order valence-corrected chi connectivity index (χ4v) is 9.57. The number of nitrogens with two attached hydrogens (primary N) is 1. The molecule has 0 unspecified atom stereocenters. The van der Waals surface area contributed by atoms with E-state index >= 15 is 4.39 Å². The molecule has 0 spiro atoms. The lowest BCUT2D eigenvalue weighted by atomic mass is 9.94. The number of nitrogens with one attached hydrogen (secondary N) is 1. The van der Waals surface area contributed by atoms with Gasteiger partial charge < -0.3 is 20.7 Å².